The van der Waals surface area contributed by atoms with Crippen LogP contribution in [0.1, 0.15) is 29.8 Å². The van der Waals surface area contributed by atoms with E-state index in [9.17, 15) is 4.79 Å². The SMILES string of the molecule is Cl.Cn1cc(Br)cc1C(=O)N1CC2CCCC(N)C2C1. The van der Waals surface area contributed by atoms with Gasteiger partial charge in [-0.05, 0) is 46.7 Å². The van der Waals surface area contributed by atoms with Gasteiger partial charge in [0, 0.05) is 36.8 Å². The van der Waals surface area contributed by atoms with Crippen molar-refractivity contribution in [3.63, 3.8) is 0 Å². The van der Waals surface area contributed by atoms with E-state index in [2.05, 4.69) is 15.9 Å². The zero-order chi connectivity index (χ0) is 13.6. The zero-order valence-corrected chi connectivity index (χ0v) is 14.0. The van der Waals surface area contributed by atoms with Crippen molar-refractivity contribution in [1.82, 2.24) is 9.47 Å². The van der Waals surface area contributed by atoms with Crippen LogP contribution in [0.3, 0.4) is 0 Å². The van der Waals surface area contributed by atoms with Crippen molar-refractivity contribution in [1.29, 1.82) is 0 Å². The summed E-state index contributed by atoms with van der Waals surface area (Å²) in [5.74, 6) is 1.24. The van der Waals surface area contributed by atoms with Gasteiger partial charge < -0.3 is 15.2 Å². The number of aryl methyl sites for hydroxylation is 1. The van der Waals surface area contributed by atoms with Gasteiger partial charge in [0.05, 0.1) is 0 Å². The minimum atomic E-state index is 0. The number of nitrogens with zero attached hydrogens (tertiary/aromatic N) is 2. The number of nitrogens with two attached hydrogens (primary N) is 1. The number of carbonyl (C=O) groups is 1. The summed E-state index contributed by atoms with van der Waals surface area (Å²) in [5, 5.41) is 0. The zero-order valence-electron chi connectivity index (χ0n) is 11.6. The van der Waals surface area contributed by atoms with Gasteiger partial charge in [-0.15, -0.1) is 12.4 Å². The summed E-state index contributed by atoms with van der Waals surface area (Å²) in [6.07, 6.45) is 5.46. The number of hydrogen-bond donors (Lipinski definition) is 1. The lowest BCUT2D eigenvalue weighted by Gasteiger charge is -2.29. The van der Waals surface area contributed by atoms with E-state index in [1.807, 2.05) is 28.8 Å². The van der Waals surface area contributed by atoms with Crippen LogP contribution in [0.2, 0.25) is 0 Å². The maximum absolute atomic E-state index is 12.6. The van der Waals surface area contributed by atoms with Crippen molar-refractivity contribution in [3.05, 3.63) is 22.4 Å². The molecule has 1 amide bonds. The van der Waals surface area contributed by atoms with Gasteiger partial charge in [0.25, 0.3) is 5.91 Å². The molecule has 112 valence electrons. The molecule has 1 aliphatic carbocycles. The van der Waals surface area contributed by atoms with Crippen LogP contribution in [0.5, 0.6) is 0 Å². The Bertz CT molecular complexity index is 505. The van der Waals surface area contributed by atoms with Crippen molar-refractivity contribution < 1.29 is 4.79 Å². The number of likely N-dealkylation sites (tertiary alicyclic amines) is 1. The van der Waals surface area contributed by atoms with E-state index < -0.39 is 0 Å². The third-order valence-electron chi connectivity index (χ3n) is 4.63. The largest absolute Gasteiger partial charge is 0.345 e. The molecule has 2 heterocycles. The number of hydrogen-bond acceptors (Lipinski definition) is 2. The highest BCUT2D eigenvalue weighted by Crippen LogP contribution is 2.36. The summed E-state index contributed by atoms with van der Waals surface area (Å²) in [6.45, 7) is 1.70. The van der Waals surface area contributed by atoms with Crippen molar-refractivity contribution in [2.45, 2.75) is 25.3 Å². The standard InChI is InChI=1S/C14H20BrN3O.ClH/c1-17-7-10(15)5-13(17)14(19)18-6-9-3-2-4-12(16)11(9)8-18;/h5,7,9,11-12H,2-4,6,8,16H2,1H3;1H. The van der Waals surface area contributed by atoms with Crippen LogP contribution < -0.4 is 5.73 Å². The number of rotatable bonds is 1. The van der Waals surface area contributed by atoms with E-state index in [4.69, 9.17) is 5.73 Å². The fourth-order valence-corrected chi connectivity index (χ4v) is 4.11. The van der Waals surface area contributed by atoms with Gasteiger partial charge in [0.2, 0.25) is 0 Å². The Morgan fingerprint density at radius 1 is 1.40 bits per heavy atom. The first-order valence-electron chi connectivity index (χ1n) is 6.93. The van der Waals surface area contributed by atoms with Crippen molar-refractivity contribution >= 4 is 34.2 Å². The van der Waals surface area contributed by atoms with Gasteiger partial charge in [0.15, 0.2) is 0 Å². The molecule has 0 aromatic carbocycles. The summed E-state index contributed by atoms with van der Waals surface area (Å²) >= 11 is 3.42. The van der Waals surface area contributed by atoms with Crippen LogP contribution in [0.15, 0.2) is 16.7 Å². The van der Waals surface area contributed by atoms with Crippen molar-refractivity contribution in [2.24, 2.45) is 24.6 Å². The first-order chi connectivity index (χ1) is 9.06. The van der Waals surface area contributed by atoms with Crippen LogP contribution in [0.4, 0.5) is 0 Å². The summed E-state index contributed by atoms with van der Waals surface area (Å²) in [7, 11) is 1.91. The molecule has 2 N–H and O–H groups in total. The Kier molecular flexibility index (Phi) is 4.82. The van der Waals surface area contributed by atoms with Crippen LogP contribution in [-0.2, 0) is 7.05 Å². The van der Waals surface area contributed by atoms with Gasteiger partial charge in [-0.25, -0.2) is 0 Å². The average molecular weight is 363 g/mol. The highest BCUT2D eigenvalue weighted by molar-refractivity contribution is 9.10. The number of halogens is 2. The third kappa shape index (κ3) is 2.76. The quantitative estimate of drug-likeness (QED) is 0.834. The number of aromatic nitrogens is 1. The van der Waals surface area contributed by atoms with Gasteiger partial charge in [-0.2, -0.15) is 0 Å². The molecule has 1 aliphatic heterocycles. The van der Waals surface area contributed by atoms with E-state index in [0.717, 1.165) is 29.7 Å². The molecule has 3 atom stereocenters. The Balaban J connectivity index is 0.00000147. The monoisotopic (exact) mass is 361 g/mol. The van der Waals surface area contributed by atoms with E-state index in [1.54, 1.807) is 0 Å². The first-order valence-corrected chi connectivity index (χ1v) is 7.72. The van der Waals surface area contributed by atoms with Gasteiger partial charge in [-0.3, -0.25) is 4.79 Å². The lowest BCUT2D eigenvalue weighted by atomic mass is 9.78. The average Bonchev–Trinajstić information content (AvgIpc) is 2.93. The minimum Gasteiger partial charge on any atom is -0.345 e. The van der Waals surface area contributed by atoms with Crippen LogP contribution in [-0.4, -0.2) is 34.5 Å². The molecule has 1 aromatic rings. The van der Waals surface area contributed by atoms with E-state index in [-0.39, 0.29) is 24.4 Å². The molecule has 1 aromatic heterocycles. The van der Waals surface area contributed by atoms with Crippen LogP contribution in [0.25, 0.3) is 0 Å². The molecule has 2 fully saturated rings. The lowest BCUT2D eigenvalue weighted by molar-refractivity contribution is 0.0774. The number of amides is 1. The Morgan fingerprint density at radius 3 is 2.75 bits per heavy atom. The third-order valence-corrected chi connectivity index (χ3v) is 5.07. The molecule has 0 spiro atoms. The smallest absolute Gasteiger partial charge is 0.270 e. The van der Waals surface area contributed by atoms with Crippen LogP contribution in [0, 0.1) is 11.8 Å². The molecule has 3 rings (SSSR count). The molecule has 1 saturated heterocycles. The Labute approximate surface area is 134 Å². The van der Waals surface area contributed by atoms with E-state index >= 15 is 0 Å². The van der Waals surface area contributed by atoms with Crippen molar-refractivity contribution in [2.75, 3.05) is 13.1 Å². The Morgan fingerprint density at radius 2 is 2.15 bits per heavy atom. The van der Waals surface area contributed by atoms with Crippen LogP contribution >= 0.6 is 28.3 Å². The number of fused-ring (bicyclic) bond motifs is 1. The summed E-state index contributed by atoms with van der Waals surface area (Å²) < 4.78 is 2.83. The van der Waals surface area contributed by atoms with Gasteiger partial charge in [-0.1, -0.05) is 6.42 Å². The molecule has 3 unspecified atom stereocenters. The normalized spacial score (nSPS) is 28.9. The fraction of sp³-hybridized carbons (Fsp3) is 0.643. The second-order valence-corrected chi connectivity index (χ2v) is 6.80. The van der Waals surface area contributed by atoms with E-state index in [1.165, 1.54) is 12.8 Å². The molecular formula is C14H21BrClN3O. The molecular weight excluding hydrogens is 342 g/mol. The maximum Gasteiger partial charge on any atom is 0.270 e. The summed E-state index contributed by atoms with van der Waals surface area (Å²) in [6, 6.07) is 2.17. The maximum atomic E-state index is 12.6. The minimum absolute atomic E-state index is 0. The predicted octanol–water partition coefficient (Wildman–Crippen LogP) is 2.41. The molecule has 20 heavy (non-hydrogen) atoms. The highest BCUT2D eigenvalue weighted by Gasteiger charge is 2.40. The predicted molar refractivity (Wildman–Crippen MR) is 85.1 cm³/mol. The number of carbonyl (C=O) groups excluding carboxylic acids is 1. The van der Waals surface area contributed by atoms with E-state index in [0.29, 0.717) is 11.8 Å². The van der Waals surface area contributed by atoms with Crippen molar-refractivity contribution in [3.8, 4) is 0 Å². The second-order valence-electron chi connectivity index (χ2n) is 5.88. The molecule has 0 radical (unpaired) electrons. The molecule has 2 aliphatic rings. The van der Waals surface area contributed by atoms with Gasteiger partial charge >= 0.3 is 0 Å². The summed E-state index contributed by atoms with van der Waals surface area (Å²) in [4.78, 5) is 14.6. The first kappa shape index (κ1) is 15.9. The molecule has 0 bridgehead atoms. The lowest BCUT2D eigenvalue weighted by Crippen LogP contribution is -2.38. The highest BCUT2D eigenvalue weighted by atomic mass is 79.9. The molecule has 1 saturated carbocycles. The molecule has 4 nitrogen and oxygen atoms in total. The fourth-order valence-electron chi connectivity index (χ4n) is 3.58. The Hall–Kier alpha value is -0.520. The van der Waals surface area contributed by atoms with Gasteiger partial charge in [0.1, 0.15) is 5.69 Å². The molecule has 6 heteroatoms. The summed E-state index contributed by atoms with van der Waals surface area (Å²) in [5.41, 5.74) is 6.95. The topological polar surface area (TPSA) is 51.3 Å². The second kappa shape index (κ2) is 6.08.